The molecule has 0 radical (unpaired) electrons. The van der Waals surface area contributed by atoms with Crippen molar-refractivity contribution in [2.24, 2.45) is 4.99 Å². The Morgan fingerprint density at radius 1 is 1.35 bits per heavy atom. The Morgan fingerprint density at radius 3 is 2.54 bits per heavy atom. The van der Waals surface area contributed by atoms with Gasteiger partial charge in [0.15, 0.2) is 0 Å². The lowest BCUT2D eigenvalue weighted by Crippen LogP contribution is -2.47. The molecule has 26 heavy (non-hydrogen) atoms. The fourth-order valence-electron chi connectivity index (χ4n) is 2.95. The monoisotopic (exact) mass is 382 g/mol. The molecule has 0 aromatic rings. The molecule has 1 rings (SSSR count). The maximum absolute atomic E-state index is 5.81. The number of ether oxygens (including phenoxy) is 1. The standard InChI is InChI=1S/C20H38N4OS/c1-8-15(3)23-20(21-9-2)12-19(18(6)26-7)22-10-11-24-13-16(4)25-17(5)14-24/h12,15-17,22H,6,8-11,13-14H2,1-5,7H3,(H,21,23)/b19-12+/t15-,16-,17+/m0/s1. The van der Waals surface area contributed by atoms with Crippen LogP contribution in [0, 0.1) is 0 Å². The van der Waals surface area contributed by atoms with Crippen LogP contribution in [0.4, 0.5) is 0 Å². The highest BCUT2D eigenvalue weighted by Crippen LogP contribution is 2.17. The molecule has 0 unspecified atom stereocenters. The van der Waals surface area contributed by atoms with E-state index in [2.05, 4.69) is 74.1 Å². The lowest BCUT2D eigenvalue weighted by atomic mass is 10.2. The van der Waals surface area contributed by atoms with E-state index in [1.807, 2.05) is 0 Å². The van der Waals surface area contributed by atoms with Crippen LogP contribution >= 0.6 is 11.8 Å². The molecular formula is C20H38N4OS. The van der Waals surface area contributed by atoms with E-state index >= 15 is 0 Å². The highest BCUT2D eigenvalue weighted by atomic mass is 32.2. The Bertz CT molecular complexity index is 482. The molecule has 1 aliphatic rings. The maximum Gasteiger partial charge on any atom is 0.123 e. The molecule has 0 spiro atoms. The van der Waals surface area contributed by atoms with Gasteiger partial charge in [-0.3, -0.25) is 9.89 Å². The van der Waals surface area contributed by atoms with E-state index in [9.17, 15) is 0 Å². The van der Waals surface area contributed by atoms with Crippen LogP contribution in [0.3, 0.4) is 0 Å². The third-order valence-corrected chi connectivity index (χ3v) is 5.11. The van der Waals surface area contributed by atoms with Gasteiger partial charge < -0.3 is 15.4 Å². The van der Waals surface area contributed by atoms with Crippen molar-refractivity contribution in [3.63, 3.8) is 0 Å². The summed E-state index contributed by atoms with van der Waals surface area (Å²) in [7, 11) is 0. The first kappa shape index (κ1) is 23.1. The molecule has 2 N–H and O–H groups in total. The molecule has 0 aromatic carbocycles. The van der Waals surface area contributed by atoms with Crippen LogP contribution in [0.15, 0.2) is 28.2 Å². The summed E-state index contributed by atoms with van der Waals surface area (Å²) < 4.78 is 5.81. The molecule has 1 saturated heterocycles. The summed E-state index contributed by atoms with van der Waals surface area (Å²) >= 11 is 1.66. The van der Waals surface area contributed by atoms with Crippen molar-refractivity contribution in [3.05, 3.63) is 23.3 Å². The van der Waals surface area contributed by atoms with E-state index in [1.165, 1.54) is 0 Å². The molecule has 0 aromatic heterocycles. The van der Waals surface area contributed by atoms with Crippen molar-refractivity contribution in [2.45, 2.75) is 59.3 Å². The quantitative estimate of drug-likeness (QED) is 0.345. The molecule has 1 heterocycles. The van der Waals surface area contributed by atoms with Crippen molar-refractivity contribution in [2.75, 3.05) is 39.0 Å². The van der Waals surface area contributed by atoms with Gasteiger partial charge in [-0.25, -0.2) is 0 Å². The molecule has 0 aliphatic carbocycles. The van der Waals surface area contributed by atoms with Gasteiger partial charge in [-0.1, -0.05) is 13.5 Å². The zero-order valence-electron chi connectivity index (χ0n) is 17.5. The lowest BCUT2D eigenvalue weighted by Gasteiger charge is -2.35. The predicted molar refractivity (Wildman–Crippen MR) is 116 cm³/mol. The average molecular weight is 383 g/mol. The molecule has 5 nitrogen and oxygen atoms in total. The number of amidine groups is 1. The van der Waals surface area contributed by atoms with E-state index in [0.717, 1.165) is 55.6 Å². The Balaban J connectivity index is 2.70. The first-order valence-electron chi connectivity index (χ1n) is 9.77. The topological polar surface area (TPSA) is 48.9 Å². The fourth-order valence-corrected chi connectivity index (χ4v) is 3.30. The zero-order valence-corrected chi connectivity index (χ0v) is 18.3. The number of rotatable bonds is 10. The van der Waals surface area contributed by atoms with Crippen molar-refractivity contribution in [3.8, 4) is 0 Å². The molecule has 3 atom stereocenters. The van der Waals surface area contributed by atoms with E-state index < -0.39 is 0 Å². The summed E-state index contributed by atoms with van der Waals surface area (Å²) in [6, 6.07) is 0.400. The van der Waals surface area contributed by atoms with Crippen LogP contribution < -0.4 is 10.6 Å². The van der Waals surface area contributed by atoms with Gasteiger partial charge in [-0.05, 0) is 40.4 Å². The van der Waals surface area contributed by atoms with E-state index in [0.29, 0.717) is 18.2 Å². The molecule has 6 heteroatoms. The first-order valence-corrected chi connectivity index (χ1v) is 11.0. The second-order valence-corrected chi connectivity index (χ2v) is 7.84. The number of hydrogen-bond donors (Lipinski definition) is 2. The van der Waals surface area contributed by atoms with Crippen LogP contribution in [-0.4, -0.2) is 68.0 Å². The van der Waals surface area contributed by atoms with E-state index in [1.54, 1.807) is 11.8 Å². The smallest absolute Gasteiger partial charge is 0.123 e. The number of aliphatic imine (C=N–C) groups is 1. The molecule has 1 aliphatic heterocycles. The minimum absolute atomic E-state index is 0.304. The second-order valence-electron chi connectivity index (χ2n) is 6.94. The van der Waals surface area contributed by atoms with Crippen molar-refractivity contribution >= 4 is 17.6 Å². The van der Waals surface area contributed by atoms with E-state index in [4.69, 9.17) is 4.74 Å². The van der Waals surface area contributed by atoms with Crippen LogP contribution in [0.1, 0.15) is 41.0 Å². The molecular weight excluding hydrogens is 344 g/mol. The van der Waals surface area contributed by atoms with Crippen molar-refractivity contribution in [1.82, 2.24) is 15.5 Å². The second kappa shape index (κ2) is 12.4. The SMILES string of the molecule is C=C(SC)/C(=C\C(=NCC)N[C@@H](C)CC)NCCN1C[C@@H](C)O[C@@H](C)C1. The normalized spacial score (nSPS) is 23.6. The van der Waals surface area contributed by atoms with E-state index in [-0.39, 0.29) is 0 Å². The Kier molecular flexibility index (Phi) is 11.0. The number of nitrogens with zero attached hydrogens (tertiary/aromatic N) is 2. The predicted octanol–water partition coefficient (Wildman–Crippen LogP) is 3.25. The molecule has 150 valence electrons. The van der Waals surface area contributed by atoms with Crippen molar-refractivity contribution < 1.29 is 4.74 Å². The Hall–Kier alpha value is -0.980. The number of nitrogens with one attached hydrogen (secondary N) is 2. The van der Waals surface area contributed by atoms with Gasteiger partial charge in [0.25, 0.3) is 0 Å². The lowest BCUT2D eigenvalue weighted by molar-refractivity contribution is -0.0672. The van der Waals surface area contributed by atoms with Gasteiger partial charge in [0.2, 0.25) is 0 Å². The van der Waals surface area contributed by atoms with Crippen LogP contribution in [0.5, 0.6) is 0 Å². The minimum Gasteiger partial charge on any atom is -0.383 e. The Morgan fingerprint density at radius 2 is 2.00 bits per heavy atom. The number of thioether (sulfide) groups is 1. The molecule has 0 bridgehead atoms. The average Bonchev–Trinajstić information content (AvgIpc) is 2.59. The van der Waals surface area contributed by atoms with Gasteiger partial charge in [-0.15, -0.1) is 11.8 Å². The van der Waals surface area contributed by atoms with Gasteiger partial charge in [0.1, 0.15) is 5.84 Å². The zero-order chi connectivity index (χ0) is 19.5. The first-order chi connectivity index (χ1) is 12.4. The Labute approximate surface area is 164 Å². The third-order valence-electron chi connectivity index (χ3n) is 4.40. The van der Waals surface area contributed by atoms with Gasteiger partial charge >= 0.3 is 0 Å². The molecule has 1 fully saturated rings. The third kappa shape index (κ3) is 8.60. The summed E-state index contributed by atoms with van der Waals surface area (Å²) in [6.45, 7) is 19.5. The highest BCUT2D eigenvalue weighted by Gasteiger charge is 2.21. The molecule has 0 amide bonds. The largest absolute Gasteiger partial charge is 0.383 e. The number of morpholine rings is 1. The van der Waals surface area contributed by atoms with Crippen molar-refractivity contribution in [1.29, 1.82) is 0 Å². The van der Waals surface area contributed by atoms with Gasteiger partial charge in [-0.2, -0.15) is 0 Å². The summed E-state index contributed by atoms with van der Waals surface area (Å²) in [5, 5.41) is 7.05. The highest BCUT2D eigenvalue weighted by molar-refractivity contribution is 8.02. The number of hydrogen-bond acceptors (Lipinski definition) is 5. The summed E-state index contributed by atoms with van der Waals surface area (Å²) in [6.07, 6.45) is 5.83. The summed E-state index contributed by atoms with van der Waals surface area (Å²) in [4.78, 5) is 8.09. The van der Waals surface area contributed by atoms with Gasteiger partial charge in [0.05, 0.1) is 17.9 Å². The van der Waals surface area contributed by atoms with Gasteiger partial charge in [0, 0.05) is 49.7 Å². The van der Waals surface area contributed by atoms with Crippen LogP contribution in [0.25, 0.3) is 0 Å². The summed E-state index contributed by atoms with van der Waals surface area (Å²) in [5.74, 6) is 0.924. The van der Waals surface area contributed by atoms with Crippen LogP contribution in [-0.2, 0) is 4.74 Å². The fraction of sp³-hybridized carbons (Fsp3) is 0.750. The minimum atomic E-state index is 0.304. The molecule has 0 saturated carbocycles. The van der Waals surface area contributed by atoms with Crippen LogP contribution in [0.2, 0.25) is 0 Å². The maximum atomic E-state index is 5.81. The summed E-state index contributed by atoms with van der Waals surface area (Å²) in [5.41, 5.74) is 1.05.